The van der Waals surface area contributed by atoms with Gasteiger partial charge in [-0.05, 0) is 36.1 Å². The van der Waals surface area contributed by atoms with Crippen LogP contribution in [-0.2, 0) is 16.5 Å². The summed E-state index contributed by atoms with van der Waals surface area (Å²) in [4.78, 5) is 10.7. The minimum Gasteiger partial charge on any atom is -0.376 e. The van der Waals surface area contributed by atoms with Crippen LogP contribution in [0.1, 0.15) is 29.8 Å². The normalized spacial score (nSPS) is 12.5. The number of hydrogen-bond donors (Lipinski definition) is 0. The van der Waals surface area contributed by atoms with Crippen molar-refractivity contribution in [3.63, 3.8) is 0 Å². The Morgan fingerprint density at radius 3 is 2.35 bits per heavy atom. The molecule has 112 valence electrons. The van der Waals surface area contributed by atoms with Crippen LogP contribution in [0.25, 0.3) is 0 Å². The van der Waals surface area contributed by atoms with Gasteiger partial charge in [0.25, 0.3) is 0 Å². The molecule has 0 aliphatic rings. The summed E-state index contributed by atoms with van der Waals surface area (Å²) in [6, 6.07) is 3.55. The zero-order valence-electron chi connectivity index (χ0n) is 10.8. The van der Waals surface area contributed by atoms with Crippen molar-refractivity contribution in [2.24, 2.45) is 5.92 Å². The van der Waals surface area contributed by atoms with Crippen LogP contribution in [0.2, 0.25) is 0 Å². The Labute approximate surface area is 114 Å². The van der Waals surface area contributed by atoms with E-state index in [4.69, 9.17) is 0 Å². The van der Waals surface area contributed by atoms with Crippen LogP contribution in [0.4, 0.5) is 13.2 Å². The second-order valence-corrected chi connectivity index (χ2v) is 6.10. The molecule has 0 aliphatic heterocycles. The summed E-state index contributed by atoms with van der Waals surface area (Å²) in [5, 5.41) is 0. The molecule has 0 N–H and O–H groups in total. The van der Waals surface area contributed by atoms with E-state index in [1.165, 1.54) is 12.1 Å². The molecule has 1 rings (SSSR count). The third-order valence-corrected chi connectivity index (χ3v) is 3.30. The number of aldehydes is 1. The number of halogens is 3. The summed E-state index contributed by atoms with van der Waals surface area (Å²) in [6.07, 6.45) is 0.802. The highest BCUT2D eigenvalue weighted by Gasteiger charge is 2.48. The van der Waals surface area contributed by atoms with E-state index in [1.807, 2.05) is 0 Å². The van der Waals surface area contributed by atoms with Crippen LogP contribution in [0.5, 0.6) is 5.75 Å². The fourth-order valence-electron chi connectivity index (χ4n) is 1.52. The first-order valence-electron chi connectivity index (χ1n) is 5.65. The Morgan fingerprint density at radius 2 is 1.90 bits per heavy atom. The van der Waals surface area contributed by atoms with Crippen LogP contribution >= 0.6 is 0 Å². The molecule has 0 fully saturated rings. The van der Waals surface area contributed by atoms with Gasteiger partial charge in [-0.15, -0.1) is 0 Å². The lowest BCUT2D eigenvalue weighted by atomic mass is 10.0. The molecule has 8 heteroatoms. The van der Waals surface area contributed by atoms with Crippen LogP contribution < -0.4 is 4.18 Å². The molecular formula is C12H13F3O4S. The summed E-state index contributed by atoms with van der Waals surface area (Å²) < 4.78 is 63.0. The first-order valence-corrected chi connectivity index (χ1v) is 7.06. The van der Waals surface area contributed by atoms with E-state index >= 15 is 0 Å². The Hall–Kier alpha value is -1.57. The third-order valence-electron chi connectivity index (χ3n) is 2.33. The van der Waals surface area contributed by atoms with E-state index in [2.05, 4.69) is 4.18 Å². The molecule has 1 aromatic rings. The fraction of sp³-hybridized carbons (Fsp3) is 0.417. The summed E-state index contributed by atoms with van der Waals surface area (Å²) >= 11 is 0. The second-order valence-electron chi connectivity index (χ2n) is 4.57. The Balaban J connectivity index is 3.21. The number of hydrogen-bond acceptors (Lipinski definition) is 4. The van der Waals surface area contributed by atoms with Crippen molar-refractivity contribution in [2.45, 2.75) is 25.8 Å². The first kappa shape index (κ1) is 16.5. The molecule has 0 spiro atoms. The van der Waals surface area contributed by atoms with Gasteiger partial charge in [-0.3, -0.25) is 4.79 Å². The minimum absolute atomic E-state index is 0.0489. The van der Waals surface area contributed by atoms with Crippen LogP contribution in [0, 0.1) is 5.92 Å². The summed E-state index contributed by atoms with van der Waals surface area (Å²) in [6.45, 7) is 3.60. The maximum Gasteiger partial charge on any atom is 0.534 e. The zero-order chi connectivity index (χ0) is 15.6. The molecule has 0 unspecified atom stereocenters. The summed E-state index contributed by atoms with van der Waals surface area (Å²) in [5.74, 6) is -0.366. The molecule has 20 heavy (non-hydrogen) atoms. The largest absolute Gasteiger partial charge is 0.534 e. The van der Waals surface area contributed by atoms with Gasteiger partial charge >= 0.3 is 15.6 Å². The monoisotopic (exact) mass is 310 g/mol. The summed E-state index contributed by atoms with van der Waals surface area (Å²) in [7, 11) is -5.72. The molecule has 0 saturated carbocycles. The molecular weight excluding hydrogens is 297 g/mol. The van der Waals surface area contributed by atoms with Crippen LogP contribution in [0.15, 0.2) is 18.2 Å². The van der Waals surface area contributed by atoms with Gasteiger partial charge in [-0.1, -0.05) is 13.8 Å². The van der Waals surface area contributed by atoms with E-state index in [-0.39, 0.29) is 23.5 Å². The van der Waals surface area contributed by atoms with Gasteiger partial charge in [0.15, 0.2) is 0 Å². The topological polar surface area (TPSA) is 60.4 Å². The standard InChI is InChI=1S/C12H13F3O4S/c1-8(2)5-10-6-9(7-16)3-4-11(10)19-20(17,18)12(13,14)15/h3-4,6-8H,5H2,1-2H3. The van der Waals surface area contributed by atoms with Gasteiger partial charge in [-0.25, -0.2) is 0 Å². The molecule has 0 radical (unpaired) electrons. The molecule has 0 amide bonds. The van der Waals surface area contributed by atoms with Gasteiger partial charge in [-0.2, -0.15) is 21.6 Å². The fourth-order valence-corrected chi connectivity index (χ4v) is 2.01. The van der Waals surface area contributed by atoms with Crippen LogP contribution in [0.3, 0.4) is 0 Å². The van der Waals surface area contributed by atoms with Gasteiger partial charge in [0.2, 0.25) is 0 Å². The van der Waals surface area contributed by atoms with Crippen molar-refractivity contribution in [1.29, 1.82) is 0 Å². The molecule has 0 atom stereocenters. The van der Waals surface area contributed by atoms with Gasteiger partial charge in [0.1, 0.15) is 12.0 Å². The highest BCUT2D eigenvalue weighted by atomic mass is 32.2. The van der Waals surface area contributed by atoms with Gasteiger partial charge in [0.05, 0.1) is 0 Å². The number of carbonyl (C=O) groups excluding carboxylic acids is 1. The number of benzene rings is 1. The number of rotatable bonds is 5. The van der Waals surface area contributed by atoms with Crippen molar-refractivity contribution in [2.75, 3.05) is 0 Å². The highest BCUT2D eigenvalue weighted by Crippen LogP contribution is 2.30. The second kappa shape index (κ2) is 5.82. The lowest BCUT2D eigenvalue weighted by Gasteiger charge is -2.14. The van der Waals surface area contributed by atoms with E-state index in [1.54, 1.807) is 13.8 Å². The maximum absolute atomic E-state index is 12.3. The average Bonchev–Trinajstić information content (AvgIpc) is 2.29. The van der Waals surface area contributed by atoms with Crippen molar-refractivity contribution >= 4 is 16.4 Å². The zero-order valence-corrected chi connectivity index (χ0v) is 11.6. The third kappa shape index (κ3) is 3.96. The lowest BCUT2D eigenvalue weighted by Crippen LogP contribution is -2.28. The predicted molar refractivity (Wildman–Crippen MR) is 66.0 cm³/mol. The predicted octanol–water partition coefficient (Wildman–Crippen LogP) is 2.93. The van der Waals surface area contributed by atoms with E-state index in [0.29, 0.717) is 6.29 Å². The molecule has 0 aromatic heterocycles. The van der Waals surface area contributed by atoms with Gasteiger partial charge < -0.3 is 4.18 Å². The molecule has 0 aliphatic carbocycles. The number of alkyl halides is 3. The Kier molecular flexibility index (Phi) is 4.80. The molecule has 0 bridgehead atoms. The van der Waals surface area contributed by atoms with Gasteiger partial charge in [0, 0.05) is 5.56 Å². The smallest absolute Gasteiger partial charge is 0.376 e. The highest BCUT2D eigenvalue weighted by molar-refractivity contribution is 7.88. The molecule has 1 aromatic carbocycles. The summed E-state index contributed by atoms with van der Waals surface area (Å²) in [5.41, 5.74) is -5.03. The van der Waals surface area contributed by atoms with E-state index in [0.717, 1.165) is 6.07 Å². The quantitative estimate of drug-likeness (QED) is 0.476. The number of carbonyl (C=O) groups is 1. The maximum atomic E-state index is 12.3. The first-order chi connectivity index (χ1) is 9.06. The van der Waals surface area contributed by atoms with Crippen molar-refractivity contribution < 1.29 is 30.6 Å². The van der Waals surface area contributed by atoms with E-state index < -0.39 is 21.4 Å². The SMILES string of the molecule is CC(C)Cc1cc(C=O)ccc1OS(=O)(=O)C(F)(F)F. The van der Waals surface area contributed by atoms with Crippen molar-refractivity contribution in [3.05, 3.63) is 29.3 Å². The molecule has 0 saturated heterocycles. The molecule has 4 nitrogen and oxygen atoms in total. The Bertz CT molecular complexity index is 591. The van der Waals surface area contributed by atoms with Crippen molar-refractivity contribution in [1.82, 2.24) is 0 Å². The minimum atomic E-state index is -5.72. The Morgan fingerprint density at radius 1 is 1.30 bits per heavy atom. The average molecular weight is 310 g/mol. The lowest BCUT2D eigenvalue weighted by molar-refractivity contribution is -0.0500. The van der Waals surface area contributed by atoms with E-state index in [9.17, 15) is 26.4 Å². The van der Waals surface area contributed by atoms with Crippen molar-refractivity contribution in [3.8, 4) is 5.75 Å². The van der Waals surface area contributed by atoms with Crippen LogP contribution in [-0.4, -0.2) is 20.2 Å². The molecule has 0 heterocycles.